The summed E-state index contributed by atoms with van der Waals surface area (Å²) in [7, 11) is 0. The number of Topliss-reactive ketones (excluding diaryl/α,β-unsaturated/α-hetero) is 1. The molecule has 0 radical (unpaired) electrons. The second-order valence-corrected chi connectivity index (χ2v) is 4.80. The second kappa shape index (κ2) is 4.83. The van der Waals surface area contributed by atoms with E-state index in [-0.39, 0.29) is 11.7 Å². The predicted molar refractivity (Wildman–Crippen MR) is 64.7 cm³/mol. The highest BCUT2D eigenvalue weighted by molar-refractivity contribution is 5.96. The average molecular weight is 220 g/mol. The van der Waals surface area contributed by atoms with Crippen LogP contribution in [0.15, 0.2) is 18.3 Å². The largest absolute Gasteiger partial charge is 0.342 e. The Morgan fingerprint density at radius 1 is 1.44 bits per heavy atom. The monoisotopic (exact) mass is 220 g/mol. The van der Waals surface area contributed by atoms with Crippen LogP contribution in [0.25, 0.3) is 0 Å². The van der Waals surface area contributed by atoms with Gasteiger partial charge in [-0.2, -0.15) is 0 Å². The van der Waals surface area contributed by atoms with Gasteiger partial charge in [0.25, 0.3) is 0 Å². The van der Waals surface area contributed by atoms with Gasteiger partial charge in [-0.25, -0.2) is 0 Å². The molecule has 88 valence electrons. The fourth-order valence-electron chi connectivity index (χ4n) is 2.30. The zero-order valence-electron chi connectivity index (χ0n) is 10.1. The summed E-state index contributed by atoms with van der Waals surface area (Å²) in [5, 5.41) is 3.35. The van der Waals surface area contributed by atoms with Gasteiger partial charge < -0.3 is 9.88 Å². The van der Waals surface area contributed by atoms with Gasteiger partial charge in [-0.15, -0.1) is 0 Å². The lowest BCUT2D eigenvalue weighted by Crippen LogP contribution is -2.30. The van der Waals surface area contributed by atoms with Crippen LogP contribution in [-0.4, -0.2) is 23.4 Å². The summed E-state index contributed by atoms with van der Waals surface area (Å²) in [6.45, 7) is 6.03. The Hall–Kier alpha value is -1.09. The number of hydrogen-bond donors (Lipinski definition) is 1. The summed E-state index contributed by atoms with van der Waals surface area (Å²) in [6, 6.07) is 4.43. The van der Waals surface area contributed by atoms with E-state index < -0.39 is 0 Å². The van der Waals surface area contributed by atoms with Crippen LogP contribution >= 0.6 is 0 Å². The zero-order valence-corrected chi connectivity index (χ0v) is 10.1. The molecule has 0 spiro atoms. The van der Waals surface area contributed by atoms with Gasteiger partial charge in [0.05, 0.1) is 5.69 Å². The molecule has 16 heavy (non-hydrogen) atoms. The molecule has 1 aromatic heterocycles. The summed E-state index contributed by atoms with van der Waals surface area (Å²) >= 11 is 0. The Labute approximate surface area is 96.8 Å². The van der Waals surface area contributed by atoms with E-state index in [1.54, 1.807) is 0 Å². The minimum Gasteiger partial charge on any atom is -0.342 e. The Bertz CT molecular complexity index is 362. The molecular formula is C13H20N2O. The van der Waals surface area contributed by atoms with Crippen molar-refractivity contribution in [2.45, 2.75) is 32.7 Å². The Morgan fingerprint density at radius 2 is 2.12 bits per heavy atom. The number of nitrogens with zero attached hydrogens (tertiary/aromatic N) is 1. The quantitative estimate of drug-likeness (QED) is 0.793. The molecule has 0 saturated carbocycles. The molecule has 3 heteroatoms. The molecule has 1 aliphatic heterocycles. The fraction of sp³-hybridized carbons (Fsp3) is 0.615. The molecule has 0 bridgehead atoms. The minimum atomic E-state index is 0.0790. The topological polar surface area (TPSA) is 34.0 Å². The lowest BCUT2D eigenvalue weighted by molar-refractivity contribution is 0.0926. The van der Waals surface area contributed by atoms with Crippen molar-refractivity contribution in [3.63, 3.8) is 0 Å². The lowest BCUT2D eigenvalue weighted by atomic mass is 10.0. The highest BCUT2D eigenvalue weighted by Crippen LogP contribution is 2.22. The number of aromatic nitrogens is 1. The van der Waals surface area contributed by atoms with Crippen LogP contribution in [0.2, 0.25) is 0 Å². The normalized spacial score (nSPS) is 17.9. The van der Waals surface area contributed by atoms with E-state index in [0.717, 1.165) is 31.6 Å². The third-order valence-electron chi connectivity index (χ3n) is 3.26. The smallest absolute Gasteiger partial charge is 0.181 e. The van der Waals surface area contributed by atoms with Crippen LogP contribution < -0.4 is 5.32 Å². The fourth-order valence-corrected chi connectivity index (χ4v) is 2.30. The standard InChI is InChI=1S/C13H20N2O/c1-10(2)13(16)12-4-3-9-15(12)11-5-7-14-8-6-11/h3-4,9-11,14H,5-8H2,1-2H3. The van der Waals surface area contributed by atoms with Crippen LogP contribution in [0.1, 0.15) is 43.2 Å². The molecule has 1 fully saturated rings. The van der Waals surface area contributed by atoms with Crippen molar-refractivity contribution in [2.75, 3.05) is 13.1 Å². The number of rotatable bonds is 3. The summed E-state index contributed by atoms with van der Waals surface area (Å²) in [4.78, 5) is 12.0. The lowest BCUT2D eigenvalue weighted by Gasteiger charge is -2.26. The third kappa shape index (κ3) is 2.19. The van der Waals surface area contributed by atoms with Gasteiger partial charge in [0, 0.05) is 18.2 Å². The first kappa shape index (κ1) is 11.4. The van der Waals surface area contributed by atoms with Gasteiger partial charge in [-0.05, 0) is 38.1 Å². The van der Waals surface area contributed by atoms with E-state index in [9.17, 15) is 4.79 Å². The highest BCUT2D eigenvalue weighted by Gasteiger charge is 2.20. The number of carbonyl (C=O) groups excluding carboxylic acids is 1. The van der Waals surface area contributed by atoms with Gasteiger partial charge in [0.2, 0.25) is 0 Å². The van der Waals surface area contributed by atoms with Crippen LogP contribution in [0, 0.1) is 5.92 Å². The van der Waals surface area contributed by atoms with E-state index >= 15 is 0 Å². The number of piperidine rings is 1. The SMILES string of the molecule is CC(C)C(=O)c1cccn1C1CCNCC1. The van der Waals surface area contributed by atoms with E-state index in [1.165, 1.54) is 0 Å². The number of carbonyl (C=O) groups is 1. The summed E-state index contributed by atoms with van der Waals surface area (Å²) in [6.07, 6.45) is 4.28. The van der Waals surface area contributed by atoms with Crippen molar-refractivity contribution < 1.29 is 4.79 Å². The van der Waals surface area contributed by atoms with Crippen LogP contribution in [0.3, 0.4) is 0 Å². The van der Waals surface area contributed by atoms with Gasteiger partial charge in [-0.3, -0.25) is 4.79 Å². The van der Waals surface area contributed by atoms with Gasteiger partial charge in [0.15, 0.2) is 5.78 Å². The molecule has 1 aromatic rings. The minimum absolute atomic E-state index is 0.0790. The van der Waals surface area contributed by atoms with Gasteiger partial charge >= 0.3 is 0 Å². The van der Waals surface area contributed by atoms with Gasteiger partial charge in [0.1, 0.15) is 0 Å². The first-order valence-corrected chi connectivity index (χ1v) is 6.12. The molecule has 0 atom stereocenters. The predicted octanol–water partition coefficient (Wildman–Crippen LogP) is 2.25. The molecule has 1 N–H and O–H groups in total. The molecule has 2 heterocycles. The molecule has 0 aromatic carbocycles. The van der Waals surface area contributed by atoms with Crippen molar-refractivity contribution in [3.05, 3.63) is 24.0 Å². The van der Waals surface area contributed by atoms with Gasteiger partial charge in [-0.1, -0.05) is 13.8 Å². The molecule has 1 aliphatic rings. The first-order chi connectivity index (χ1) is 7.70. The van der Waals surface area contributed by atoms with Crippen LogP contribution in [-0.2, 0) is 0 Å². The van der Waals surface area contributed by atoms with E-state index in [4.69, 9.17) is 0 Å². The van der Waals surface area contributed by atoms with Crippen molar-refractivity contribution in [1.82, 2.24) is 9.88 Å². The summed E-state index contributed by atoms with van der Waals surface area (Å²) in [5.41, 5.74) is 0.877. The van der Waals surface area contributed by atoms with Crippen LogP contribution in [0.5, 0.6) is 0 Å². The Morgan fingerprint density at radius 3 is 2.75 bits per heavy atom. The molecule has 2 rings (SSSR count). The Balaban J connectivity index is 2.21. The maximum absolute atomic E-state index is 12.0. The number of hydrogen-bond acceptors (Lipinski definition) is 2. The summed E-state index contributed by atoms with van der Waals surface area (Å²) in [5.74, 6) is 0.332. The molecule has 3 nitrogen and oxygen atoms in total. The van der Waals surface area contributed by atoms with E-state index in [1.807, 2.05) is 32.2 Å². The first-order valence-electron chi connectivity index (χ1n) is 6.12. The molecule has 0 unspecified atom stereocenters. The maximum Gasteiger partial charge on any atom is 0.181 e. The van der Waals surface area contributed by atoms with E-state index in [2.05, 4.69) is 9.88 Å². The van der Waals surface area contributed by atoms with Crippen molar-refractivity contribution in [3.8, 4) is 0 Å². The van der Waals surface area contributed by atoms with Crippen LogP contribution in [0.4, 0.5) is 0 Å². The molecular weight excluding hydrogens is 200 g/mol. The van der Waals surface area contributed by atoms with E-state index in [0.29, 0.717) is 6.04 Å². The Kier molecular flexibility index (Phi) is 3.44. The highest BCUT2D eigenvalue weighted by atomic mass is 16.1. The molecule has 0 aliphatic carbocycles. The maximum atomic E-state index is 12.0. The summed E-state index contributed by atoms with van der Waals surface area (Å²) < 4.78 is 2.17. The van der Waals surface area contributed by atoms with Crippen molar-refractivity contribution in [1.29, 1.82) is 0 Å². The number of nitrogens with one attached hydrogen (secondary N) is 1. The molecule has 0 amide bonds. The third-order valence-corrected chi connectivity index (χ3v) is 3.26. The van der Waals surface area contributed by atoms with Crippen molar-refractivity contribution >= 4 is 5.78 Å². The van der Waals surface area contributed by atoms with Crippen molar-refractivity contribution in [2.24, 2.45) is 5.92 Å². The zero-order chi connectivity index (χ0) is 11.5. The molecule has 1 saturated heterocycles. The number of ketones is 1. The second-order valence-electron chi connectivity index (χ2n) is 4.80. The average Bonchev–Trinajstić information content (AvgIpc) is 2.77.